The van der Waals surface area contributed by atoms with Gasteiger partial charge in [0.05, 0.1) is 5.69 Å². The molecule has 6 nitrogen and oxygen atoms in total. The Labute approximate surface area is 179 Å². The Balaban J connectivity index is 1.37. The molecule has 6 heteroatoms. The minimum absolute atomic E-state index is 0.404. The number of hydrogen-bond acceptors (Lipinski definition) is 5. The van der Waals surface area contributed by atoms with Crippen molar-refractivity contribution in [3.8, 4) is 11.1 Å². The zero-order valence-corrected chi connectivity index (χ0v) is 18.5. The molecule has 0 spiro atoms. The molecule has 30 heavy (non-hydrogen) atoms. The van der Waals surface area contributed by atoms with Gasteiger partial charge in [0.15, 0.2) is 0 Å². The lowest BCUT2D eigenvalue weighted by molar-refractivity contribution is 0.202. The minimum atomic E-state index is 0.404. The van der Waals surface area contributed by atoms with Crippen LogP contribution in [0.2, 0.25) is 0 Å². The number of nitrogens with zero attached hydrogens (tertiary/aromatic N) is 5. The Bertz CT molecular complexity index is 980. The molecule has 2 N–H and O–H groups in total. The minimum Gasteiger partial charge on any atom is -0.384 e. The summed E-state index contributed by atoms with van der Waals surface area (Å²) < 4.78 is 2.15. The van der Waals surface area contributed by atoms with Gasteiger partial charge >= 0.3 is 0 Å². The van der Waals surface area contributed by atoms with Gasteiger partial charge in [0.1, 0.15) is 5.82 Å². The predicted molar refractivity (Wildman–Crippen MR) is 121 cm³/mol. The lowest BCUT2D eigenvalue weighted by atomic mass is 9.92. The van der Waals surface area contributed by atoms with Crippen molar-refractivity contribution in [2.75, 3.05) is 18.8 Å². The normalized spacial score (nSPS) is 15.8. The van der Waals surface area contributed by atoms with E-state index in [1.165, 1.54) is 17.0 Å². The van der Waals surface area contributed by atoms with Crippen LogP contribution in [-0.4, -0.2) is 37.7 Å². The summed E-state index contributed by atoms with van der Waals surface area (Å²) in [5.41, 5.74) is 12.9. The molecular formula is C24H32N6. The number of anilines is 1. The van der Waals surface area contributed by atoms with Crippen LogP contribution in [0.3, 0.4) is 0 Å². The summed E-state index contributed by atoms with van der Waals surface area (Å²) in [5, 5.41) is 4.74. The van der Waals surface area contributed by atoms with Crippen LogP contribution in [0.15, 0.2) is 36.7 Å². The van der Waals surface area contributed by atoms with E-state index < -0.39 is 0 Å². The largest absolute Gasteiger partial charge is 0.384 e. The maximum atomic E-state index is 5.68. The smallest absolute Gasteiger partial charge is 0.123 e. The van der Waals surface area contributed by atoms with Crippen LogP contribution in [0.4, 0.5) is 5.82 Å². The van der Waals surface area contributed by atoms with Crippen molar-refractivity contribution in [1.29, 1.82) is 0 Å². The summed E-state index contributed by atoms with van der Waals surface area (Å²) in [5.74, 6) is 1.07. The van der Waals surface area contributed by atoms with Crippen LogP contribution in [0.5, 0.6) is 0 Å². The predicted octanol–water partition coefficient (Wildman–Crippen LogP) is 4.50. The van der Waals surface area contributed by atoms with Gasteiger partial charge in [-0.3, -0.25) is 14.6 Å². The van der Waals surface area contributed by atoms with Crippen LogP contribution in [0.25, 0.3) is 11.1 Å². The third-order valence-electron chi connectivity index (χ3n) is 6.26. The molecule has 0 atom stereocenters. The molecule has 0 amide bonds. The first-order chi connectivity index (χ1) is 14.4. The van der Waals surface area contributed by atoms with Crippen molar-refractivity contribution in [2.24, 2.45) is 0 Å². The van der Waals surface area contributed by atoms with Crippen LogP contribution in [0, 0.1) is 13.8 Å². The summed E-state index contributed by atoms with van der Waals surface area (Å²) in [7, 11) is 0. The molecule has 3 aromatic rings. The number of likely N-dealkylation sites (tertiary alicyclic amines) is 1. The summed E-state index contributed by atoms with van der Waals surface area (Å²) in [6, 6.07) is 8.54. The van der Waals surface area contributed by atoms with Crippen molar-refractivity contribution >= 4 is 5.82 Å². The Morgan fingerprint density at radius 1 is 1.00 bits per heavy atom. The average molecular weight is 405 g/mol. The highest BCUT2D eigenvalue weighted by molar-refractivity contribution is 5.62. The molecule has 0 aromatic carbocycles. The summed E-state index contributed by atoms with van der Waals surface area (Å²) in [6.45, 7) is 11.9. The first kappa shape index (κ1) is 20.5. The molecule has 0 bridgehead atoms. The quantitative estimate of drug-likeness (QED) is 0.678. The number of aryl methyl sites for hydroxylation is 1. The summed E-state index contributed by atoms with van der Waals surface area (Å²) in [4.78, 5) is 11.5. The zero-order valence-electron chi connectivity index (χ0n) is 18.5. The number of piperidine rings is 1. The number of pyridine rings is 2. The van der Waals surface area contributed by atoms with Crippen LogP contribution < -0.4 is 5.73 Å². The van der Waals surface area contributed by atoms with Crippen molar-refractivity contribution in [1.82, 2.24) is 24.6 Å². The van der Waals surface area contributed by atoms with Gasteiger partial charge in [-0.25, -0.2) is 4.98 Å². The lowest BCUT2D eigenvalue weighted by Crippen LogP contribution is -2.33. The molecule has 0 unspecified atom stereocenters. The van der Waals surface area contributed by atoms with Gasteiger partial charge in [0.25, 0.3) is 0 Å². The van der Waals surface area contributed by atoms with E-state index in [4.69, 9.17) is 15.8 Å². The molecule has 4 heterocycles. The number of nitrogen functional groups attached to an aromatic ring is 1. The Morgan fingerprint density at radius 2 is 1.67 bits per heavy atom. The first-order valence-corrected chi connectivity index (χ1v) is 10.9. The van der Waals surface area contributed by atoms with Gasteiger partial charge in [-0.1, -0.05) is 6.07 Å². The molecule has 158 valence electrons. The van der Waals surface area contributed by atoms with E-state index in [-0.39, 0.29) is 0 Å². The van der Waals surface area contributed by atoms with Crippen LogP contribution in [-0.2, 0) is 6.54 Å². The maximum absolute atomic E-state index is 5.68. The van der Waals surface area contributed by atoms with Gasteiger partial charge in [-0.05, 0) is 71.8 Å². The molecule has 1 aliphatic heterocycles. The highest BCUT2D eigenvalue weighted by Crippen LogP contribution is 2.29. The fraction of sp³-hybridized carbons (Fsp3) is 0.458. The second-order valence-corrected chi connectivity index (χ2v) is 8.68. The highest BCUT2D eigenvalue weighted by atomic mass is 15.3. The van der Waals surface area contributed by atoms with Crippen molar-refractivity contribution < 1.29 is 0 Å². The summed E-state index contributed by atoms with van der Waals surface area (Å²) in [6.07, 6.45) is 6.05. The van der Waals surface area contributed by atoms with Crippen LogP contribution >= 0.6 is 0 Å². The molecule has 1 aliphatic rings. The molecule has 0 saturated carbocycles. The molecule has 4 rings (SSSR count). The molecule has 1 fully saturated rings. The Hall–Kier alpha value is -2.73. The zero-order chi connectivity index (χ0) is 21.3. The number of hydrogen-bond donors (Lipinski definition) is 1. The standard InChI is InChI=1S/C24H32N6/c1-16(2)30-18(4)22(17(3)28-30)15-29-11-9-19(10-12-29)23-7-5-20(13-26-23)21-6-8-24(25)27-14-21/h5-8,13-14,16,19H,9-12,15H2,1-4H3,(H2,25,27). The third kappa shape index (κ3) is 4.24. The van der Waals surface area contributed by atoms with Crippen molar-refractivity contribution in [3.05, 3.63) is 59.3 Å². The highest BCUT2D eigenvalue weighted by Gasteiger charge is 2.23. The lowest BCUT2D eigenvalue weighted by Gasteiger charge is -2.31. The van der Waals surface area contributed by atoms with E-state index >= 15 is 0 Å². The van der Waals surface area contributed by atoms with Gasteiger partial charge in [-0.15, -0.1) is 0 Å². The van der Waals surface area contributed by atoms with Gasteiger partial charge in [0.2, 0.25) is 0 Å². The van der Waals surface area contributed by atoms with E-state index in [9.17, 15) is 0 Å². The van der Waals surface area contributed by atoms with Gasteiger partial charge in [0, 0.05) is 59.0 Å². The topological polar surface area (TPSA) is 72.9 Å². The molecule has 3 aromatic heterocycles. The SMILES string of the molecule is Cc1nn(C(C)C)c(C)c1CN1CCC(c2ccc(-c3ccc(N)nc3)cn2)CC1. The number of nitrogens with two attached hydrogens (primary N) is 1. The Morgan fingerprint density at radius 3 is 2.20 bits per heavy atom. The Kier molecular flexibility index (Phi) is 5.86. The molecule has 0 radical (unpaired) electrons. The third-order valence-corrected chi connectivity index (χ3v) is 6.26. The van der Waals surface area contributed by atoms with Crippen molar-refractivity contribution in [2.45, 2.75) is 59.0 Å². The maximum Gasteiger partial charge on any atom is 0.123 e. The number of rotatable bonds is 5. The van der Waals surface area contributed by atoms with Gasteiger partial charge < -0.3 is 5.73 Å². The van der Waals surface area contributed by atoms with E-state index in [0.29, 0.717) is 17.8 Å². The van der Waals surface area contributed by atoms with E-state index in [1.54, 1.807) is 6.20 Å². The first-order valence-electron chi connectivity index (χ1n) is 10.9. The fourth-order valence-corrected chi connectivity index (χ4v) is 4.43. The van der Waals surface area contributed by atoms with E-state index in [2.05, 4.69) is 54.4 Å². The van der Waals surface area contributed by atoms with Crippen LogP contribution in [0.1, 0.15) is 61.3 Å². The van der Waals surface area contributed by atoms with E-state index in [0.717, 1.165) is 49.3 Å². The second-order valence-electron chi connectivity index (χ2n) is 8.68. The second kappa shape index (κ2) is 8.56. The fourth-order valence-electron chi connectivity index (χ4n) is 4.43. The molecule has 0 aliphatic carbocycles. The van der Waals surface area contributed by atoms with Gasteiger partial charge in [-0.2, -0.15) is 5.10 Å². The summed E-state index contributed by atoms with van der Waals surface area (Å²) >= 11 is 0. The van der Waals surface area contributed by atoms with E-state index in [1.807, 2.05) is 18.3 Å². The molecule has 1 saturated heterocycles. The molecular weight excluding hydrogens is 372 g/mol. The number of aromatic nitrogens is 4. The monoisotopic (exact) mass is 404 g/mol. The van der Waals surface area contributed by atoms with Crippen molar-refractivity contribution in [3.63, 3.8) is 0 Å². The average Bonchev–Trinajstić information content (AvgIpc) is 3.04.